The summed E-state index contributed by atoms with van der Waals surface area (Å²) < 4.78 is 3.85. The molecular formula is C30H52N6S. The van der Waals surface area contributed by atoms with Crippen LogP contribution in [0.5, 0.6) is 0 Å². The Morgan fingerprint density at radius 1 is 1.03 bits per heavy atom. The number of pyridine rings is 1. The summed E-state index contributed by atoms with van der Waals surface area (Å²) in [5.74, 6) is 1.34. The number of hydrogen-bond donors (Lipinski definition) is 4. The van der Waals surface area contributed by atoms with Crippen LogP contribution in [0.15, 0.2) is 24.4 Å². The molecule has 8 atom stereocenters. The standard InChI is InChI=1S/C30H52N6S/c1-28(2,3)23-14-13-22-19-32-37-26-12-9-11-25(34-26)35-30(6,24-10-7-8-17-31-24)16-15-21-18-29(4,5)36(20-21)27(22)33-23/h7-8,10,17,21-23,25-27,32-35H,9,11-16,18-20H2,1-6H3/t21-,22?,23?,25?,26?,27?,30?/m0/s1. The maximum atomic E-state index is 4.84. The van der Waals surface area contributed by atoms with Gasteiger partial charge in [0.15, 0.2) is 0 Å². The van der Waals surface area contributed by atoms with Crippen LogP contribution in [0.1, 0.15) is 98.6 Å². The van der Waals surface area contributed by atoms with E-state index in [2.05, 4.69) is 79.2 Å². The molecule has 7 heteroatoms. The molecule has 0 spiro atoms. The van der Waals surface area contributed by atoms with Crippen molar-refractivity contribution in [1.82, 2.24) is 30.6 Å². The van der Waals surface area contributed by atoms with Gasteiger partial charge in [0.2, 0.25) is 0 Å². The molecule has 1 aromatic heterocycles. The fourth-order valence-electron chi connectivity index (χ4n) is 7.50. The molecule has 7 unspecified atom stereocenters. The zero-order chi connectivity index (χ0) is 26.3. The number of piperidine rings is 2. The second-order valence-corrected chi connectivity index (χ2v) is 15.3. The Balaban J connectivity index is 1.42. The van der Waals surface area contributed by atoms with Crippen molar-refractivity contribution in [3.8, 4) is 0 Å². The van der Waals surface area contributed by atoms with Crippen molar-refractivity contribution in [3.63, 3.8) is 0 Å². The van der Waals surface area contributed by atoms with Crippen LogP contribution in [0.3, 0.4) is 0 Å². The molecule has 4 fully saturated rings. The first kappa shape index (κ1) is 27.9. The van der Waals surface area contributed by atoms with E-state index in [1.54, 1.807) is 0 Å². The van der Waals surface area contributed by atoms with E-state index in [1.807, 2.05) is 24.2 Å². The van der Waals surface area contributed by atoms with Crippen LogP contribution < -0.4 is 20.7 Å². The summed E-state index contributed by atoms with van der Waals surface area (Å²) in [6.45, 7) is 16.8. The summed E-state index contributed by atoms with van der Waals surface area (Å²) in [7, 11) is 0. The van der Waals surface area contributed by atoms with Gasteiger partial charge in [0, 0.05) is 36.8 Å². The second kappa shape index (κ2) is 11.1. The normalized spacial score (nSPS) is 41.3. The molecule has 5 heterocycles. The van der Waals surface area contributed by atoms with E-state index in [0.29, 0.717) is 35.6 Å². The minimum Gasteiger partial charge on any atom is -0.298 e. The number of nitrogens with zero attached hydrogens (tertiary/aromatic N) is 2. The fraction of sp³-hybridized carbons (Fsp3) is 0.833. The van der Waals surface area contributed by atoms with Crippen molar-refractivity contribution in [3.05, 3.63) is 30.1 Å². The fourth-order valence-corrected chi connectivity index (χ4v) is 8.53. The second-order valence-electron chi connectivity index (χ2n) is 14.2. The van der Waals surface area contributed by atoms with Crippen molar-refractivity contribution >= 4 is 11.9 Å². The lowest BCUT2D eigenvalue weighted by Gasteiger charge is -2.50. The quantitative estimate of drug-likeness (QED) is 0.375. The molecule has 4 bridgehead atoms. The third-order valence-electron chi connectivity index (χ3n) is 9.74. The van der Waals surface area contributed by atoms with Gasteiger partial charge in [-0.15, -0.1) is 0 Å². The van der Waals surface area contributed by atoms with E-state index in [9.17, 15) is 0 Å². The van der Waals surface area contributed by atoms with Gasteiger partial charge in [-0.3, -0.25) is 30.6 Å². The smallest absolute Gasteiger partial charge is 0.0690 e. The predicted octanol–water partition coefficient (Wildman–Crippen LogP) is 5.18. The predicted molar refractivity (Wildman–Crippen MR) is 156 cm³/mol. The average Bonchev–Trinajstić information content (AvgIpc) is 3.16. The highest BCUT2D eigenvalue weighted by atomic mass is 32.2. The Labute approximate surface area is 230 Å². The molecule has 0 saturated carbocycles. The zero-order valence-corrected chi connectivity index (χ0v) is 25.0. The van der Waals surface area contributed by atoms with Crippen molar-refractivity contribution in [1.29, 1.82) is 0 Å². The van der Waals surface area contributed by atoms with Crippen LogP contribution in [0.4, 0.5) is 0 Å². The number of hydrogen-bond acceptors (Lipinski definition) is 7. The van der Waals surface area contributed by atoms with Crippen LogP contribution in [-0.2, 0) is 5.54 Å². The molecule has 37 heavy (non-hydrogen) atoms. The van der Waals surface area contributed by atoms with E-state index >= 15 is 0 Å². The number of rotatable bonds is 1. The van der Waals surface area contributed by atoms with Gasteiger partial charge in [-0.2, -0.15) is 0 Å². The Morgan fingerprint density at radius 3 is 2.62 bits per heavy atom. The summed E-state index contributed by atoms with van der Waals surface area (Å²) in [5.41, 5.74) is 1.52. The first-order chi connectivity index (χ1) is 17.5. The maximum Gasteiger partial charge on any atom is 0.0690 e. The molecule has 0 aliphatic carbocycles. The summed E-state index contributed by atoms with van der Waals surface area (Å²) in [5, 5.41) is 12.6. The SMILES string of the molecule is CC1(c2ccccn2)CC[C@@H]2CN(C3NC(C(C)(C)C)CCC3CNSC3CCCC(N3)N1)C(C)(C)C2. The van der Waals surface area contributed by atoms with E-state index in [0.717, 1.165) is 13.0 Å². The highest BCUT2D eigenvalue weighted by Gasteiger charge is 2.47. The van der Waals surface area contributed by atoms with Crippen LogP contribution in [0.2, 0.25) is 0 Å². The monoisotopic (exact) mass is 528 g/mol. The minimum absolute atomic E-state index is 0.139. The van der Waals surface area contributed by atoms with E-state index < -0.39 is 0 Å². The molecule has 4 N–H and O–H groups in total. The van der Waals surface area contributed by atoms with Crippen molar-refractivity contribution < 1.29 is 0 Å². The molecule has 0 amide bonds. The van der Waals surface area contributed by atoms with Gasteiger partial charge < -0.3 is 0 Å². The van der Waals surface area contributed by atoms with E-state index in [-0.39, 0.29) is 16.5 Å². The molecule has 0 radical (unpaired) electrons. The highest BCUT2D eigenvalue weighted by Crippen LogP contribution is 2.42. The van der Waals surface area contributed by atoms with Gasteiger partial charge in [0.25, 0.3) is 0 Å². The van der Waals surface area contributed by atoms with Crippen LogP contribution in [0.25, 0.3) is 0 Å². The highest BCUT2D eigenvalue weighted by molar-refractivity contribution is 7.98. The summed E-state index contributed by atoms with van der Waals surface area (Å²) in [6.07, 6.45) is 12.5. The van der Waals surface area contributed by atoms with Gasteiger partial charge >= 0.3 is 0 Å². The molecular weight excluding hydrogens is 476 g/mol. The number of fused-ring (bicyclic) bond motifs is 6. The largest absolute Gasteiger partial charge is 0.298 e. The topological polar surface area (TPSA) is 64.2 Å². The van der Waals surface area contributed by atoms with E-state index in [1.165, 1.54) is 57.2 Å². The molecule has 4 aliphatic heterocycles. The molecule has 4 aliphatic rings. The Kier molecular flexibility index (Phi) is 8.32. The minimum atomic E-state index is -0.139. The van der Waals surface area contributed by atoms with Gasteiger partial charge in [0.1, 0.15) is 0 Å². The zero-order valence-electron chi connectivity index (χ0n) is 24.1. The van der Waals surface area contributed by atoms with Gasteiger partial charge in [-0.05, 0) is 95.6 Å². The van der Waals surface area contributed by atoms with Crippen LogP contribution >= 0.6 is 11.9 Å². The van der Waals surface area contributed by atoms with Crippen LogP contribution in [0, 0.1) is 17.3 Å². The first-order valence-electron chi connectivity index (χ1n) is 14.9. The first-order valence-corrected chi connectivity index (χ1v) is 15.8. The van der Waals surface area contributed by atoms with Gasteiger partial charge in [-0.25, -0.2) is 0 Å². The van der Waals surface area contributed by atoms with Gasteiger partial charge in [0.05, 0.1) is 28.9 Å². The lowest BCUT2D eigenvalue weighted by atomic mass is 9.78. The molecule has 1 aromatic rings. The Morgan fingerprint density at radius 2 is 1.86 bits per heavy atom. The lowest BCUT2D eigenvalue weighted by Crippen LogP contribution is -2.63. The third kappa shape index (κ3) is 6.38. The molecule has 0 aromatic carbocycles. The average molecular weight is 529 g/mol. The number of aromatic nitrogens is 1. The van der Waals surface area contributed by atoms with Crippen molar-refractivity contribution in [2.45, 2.75) is 128 Å². The summed E-state index contributed by atoms with van der Waals surface area (Å²) in [6, 6.07) is 6.96. The third-order valence-corrected chi connectivity index (χ3v) is 10.7. The van der Waals surface area contributed by atoms with E-state index in [4.69, 9.17) is 4.98 Å². The Bertz CT molecular complexity index is 888. The maximum absolute atomic E-state index is 4.84. The van der Waals surface area contributed by atoms with Gasteiger partial charge in [-0.1, -0.05) is 38.8 Å². The van der Waals surface area contributed by atoms with Crippen molar-refractivity contribution in [2.75, 3.05) is 13.1 Å². The molecule has 4 saturated heterocycles. The molecule has 5 rings (SSSR count). The molecule has 6 nitrogen and oxygen atoms in total. The van der Waals surface area contributed by atoms with Crippen LogP contribution in [-0.4, -0.2) is 52.3 Å². The molecule has 208 valence electrons. The lowest BCUT2D eigenvalue weighted by molar-refractivity contribution is 0.00548. The Hall–Kier alpha value is -0.700. The van der Waals surface area contributed by atoms with Crippen molar-refractivity contribution in [2.24, 2.45) is 17.3 Å². The number of nitrogens with one attached hydrogen (secondary N) is 4. The summed E-state index contributed by atoms with van der Waals surface area (Å²) >= 11 is 1.92. The summed E-state index contributed by atoms with van der Waals surface area (Å²) in [4.78, 5) is 7.70.